The van der Waals surface area contributed by atoms with Crippen molar-refractivity contribution in [3.63, 3.8) is 0 Å². The fourth-order valence-electron chi connectivity index (χ4n) is 3.76. The summed E-state index contributed by atoms with van der Waals surface area (Å²) in [7, 11) is 0. The van der Waals surface area contributed by atoms with Crippen molar-refractivity contribution in [1.29, 1.82) is 0 Å². The molecule has 1 aliphatic heterocycles. The second kappa shape index (κ2) is 9.76. The number of rotatable bonds is 8. The van der Waals surface area contributed by atoms with E-state index in [1.807, 2.05) is 0 Å². The number of ether oxygens (including phenoxy) is 1. The van der Waals surface area contributed by atoms with Gasteiger partial charge < -0.3 is 10.1 Å². The first-order chi connectivity index (χ1) is 16.2. The Hall–Kier alpha value is -3.53. The van der Waals surface area contributed by atoms with E-state index in [1.165, 1.54) is 24.3 Å². The average Bonchev–Trinajstić information content (AvgIpc) is 3.40. The number of Topliss-reactive ketones (excluding diaryl/α,β-unsaturated/α-hetero) is 1. The summed E-state index contributed by atoms with van der Waals surface area (Å²) in [5.41, 5.74) is 2.75. The van der Waals surface area contributed by atoms with Gasteiger partial charge in [-0.15, -0.1) is 0 Å². The molecule has 1 aromatic heterocycles. The van der Waals surface area contributed by atoms with Gasteiger partial charge in [0.05, 0.1) is 30.1 Å². The van der Waals surface area contributed by atoms with Gasteiger partial charge in [-0.25, -0.2) is 9.07 Å². The van der Waals surface area contributed by atoms with Gasteiger partial charge in [-0.05, 0) is 42.0 Å². The van der Waals surface area contributed by atoms with Crippen LogP contribution in [0.3, 0.4) is 0 Å². The highest BCUT2D eigenvalue weighted by atomic mass is 19.4. The zero-order valence-electron chi connectivity index (χ0n) is 17.9. The molecule has 0 aliphatic carbocycles. The zero-order valence-corrected chi connectivity index (χ0v) is 17.9. The number of hydrogen-bond donors (Lipinski definition) is 1. The molecule has 1 N–H and O–H groups in total. The normalized spacial score (nSPS) is 16.0. The van der Waals surface area contributed by atoms with Crippen molar-refractivity contribution in [2.75, 3.05) is 13.2 Å². The summed E-state index contributed by atoms with van der Waals surface area (Å²) < 4.78 is 57.0. The molecular formula is C24H21F4N3O3. The molecule has 4 rings (SSSR count). The van der Waals surface area contributed by atoms with Gasteiger partial charge in [0.2, 0.25) is 5.91 Å². The molecule has 1 atom stereocenters. The topological polar surface area (TPSA) is 73.2 Å². The van der Waals surface area contributed by atoms with Crippen LogP contribution in [0.5, 0.6) is 0 Å². The number of halogens is 4. The third-order valence-electron chi connectivity index (χ3n) is 5.38. The lowest BCUT2D eigenvalue weighted by Crippen LogP contribution is -2.20. The molecular weight excluding hydrogens is 454 g/mol. The number of ketones is 1. The van der Waals surface area contributed by atoms with Crippen molar-refractivity contribution in [2.45, 2.75) is 25.6 Å². The van der Waals surface area contributed by atoms with Crippen LogP contribution >= 0.6 is 0 Å². The van der Waals surface area contributed by atoms with E-state index < -0.39 is 24.5 Å². The summed E-state index contributed by atoms with van der Waals surface area (Å²) in [5, 5.41) is 7.17. The fourth-order valence-corrected chi connectivity index (χ4v) is 3.76. The number of carbonyl (C=O) groups excluding carboxylic acids is 2. The summed E-state index contributed by atoms with van der Waals surface area (Å²) in [4.78, 5) is 24.1. The Morgan fingerprint density at radius 1 is 1.15 bits per heavy atom. The number of carbonyl (C=O) groups is 2. The van der Waals surface area contributed by atoms with Crippen LogP contribution in [0.4, 0.5) is 17.6 Å². The number of nitrogens with zero attached hydrogens (tertiary/aromatic N) is 2. The Morgan fingerprint density at radius 2 is 1.91 bits per heavy atom. The van der Waals surface area contributed by atoms with Crippen molar-refractivity contribution in [2.24, 2.45) is 5.92 Å². The molecule has 1 amide bonds. The van der Waals surface area contributed by atoms with E-state index in [4.69, 9.17) is 4.74 Å². The smallest absolute Gasteiger partial charge is 0.367 e. The zero-order chi connectivity index (χ0) is 24.3. The van der Waals surface area contributed by atoms with Crippen LogP contribution < -0.4 is 5.32 Å². The first kappa shape index (κ1) is 23.6. The van der Waals surface area contributed by atoms with Gasteiger partial charge >= 0.3 is 6.18 Å². The highest BCUT2D eigenvalue weighted by molar-refractivity contribution is 5.91. The lowest BCUT2D eigenvalue weighted by molar-refractivity contribution is -0.176. The molecule has 10 heteroatoms. The number of benzene rings is 2. The Bertz CT molecular complexity index is 1190. The minimum atomic E-state index is -4.42. The third-order valence-corrected chi connectivity index (χ3v) is 5.38. The summed E-state index contributed by atoms with van der Waals surface area (Å²) in [6.45, 7) is -1.29. The van der Waals surface area contributed by atoms with E-state index in [-0.39, 0.29) is 31.1 Å². The van der Waals surface area contributed by atoms with Crippen LogP contribution in [0.1, 0.15) is 17.7 Å². The van der Waals surface area contributed by atoms with Crippen molar-refractivity contribution < 1.29 is 31.9 Å². The number of alkyl halides is 3. The molecule has 2 aromatic carbocycles. The SMILES string of the molecule is O=C1C[C@H](C(=O)Cc2cc(-c3cccc(COCC(F)(F)F)c3)n(-c3ccc(F)cc3)n2)CN1. The maximum Gasteiger partial charge on any atom is 0.411 e. The second-order valence-corrected chi connectivity index (χ2v) is 8.07. The predicted octanol–water partition coefficient (Wildman–Crippen LogP) is 4.01. The maximum atomic E-state index is 13.5. The molecule has 0 bridgehead atoms. The lowest BCUT2D eigenvalue weighted by Gasteiger charge is -2.10. The van der Waals surface area contributed by atoms with Crippen LogP contribution in [0.15, 0.2) is 54.6 Å². The number of aromatic nitrogens is 2. The van der Waals surface area contributed by atoms with Gasteiger partial charge in [-0.3, -0.25) is 9.59 Å². The minimum absolute atomic E-state index is 0.00913. The molecule has 6 nitrogen and oxygen atoms in total. The molecule has 0 radical (unpaired) electrons. The number of nitrogens with one attached hydrogen (secondary N) is 1. The van der Waals surface area contributed by atoms with Crippen LogP contribution in [-0.2, 0) is 27.4 Å². The highest BCUT2D eigenvalue weighted by Gasteiger charge is 2.29. The predicted molar refractivity (Wildman–Crippen MR) is 114 cm³/mol. The highest BCUT2D eigenvalue weighted by Crippen LogP contribution is 2.27. The van der Waals surface area contributed by atoms with Crippen molar-refractivity contribution in [1.82, 2.24) is 15.1 Å². The Balaban J connectivity index is 1.62. The van der Waals surface area contributed by atoms with E-state index in [9.17, 15) is 27.2 Å². The lowest BCUT2D eigenvalue weighted by atomic mass is 9.99. The molecule has 0 spiro atoms. The van der Waals surface area contributed by atoms with Crippen LogP contribution in [0.25, 0.3) is 16.9 Å². The summed E-state index contributed by atoms with van der Waals surface area (Å²) in [6, 6.07) is 14.1. The molecule has 1 saturated heterocycles. The van der Waals surface area contributed by atoms with Gasteiger partial charge in [0, 0.05) is 24.4 Å². The number of hydrogen-bond acceptors (Lipinski definition) is 4. The molecule has 1 fully saturated rings. The third kappa shape index (κ3) is 5.88. The van der Waals surface area contributed by atoms with Crippen LogP contribution in [0.2, 0.25) is 0 Å². The molecule has 0 unspecified atom stereocenters. The minimum Gasteiger partial charge on any atom is -0.367 e. The summed E-state index contributed by atoms with van der Waals surface area (Å²) >= 11 is 0. The monoisotopic (exact) mass is 475 g/mol. The summed E-state index contributed by atoms with van der Waals surface area (Å²) in [5.74, 6) is -1.13. The van der Waals surface area contributed by atoms with Gasteiger partial charge in [-0.2, -0.15) is 18.3 Å². The van der Waals surface area contributed by atoms with Crippen LogP contribution in [-0.4, -0.2) is 40.8 Å². The maximum absolute atomic E-state index is 13.5. The van der Waals surface area contributed by atoms with Gasteiger partial charge in [0.15, 0.2) is 0 Å². The second-order valence-electron chi connectivity index (χ2n) is 8.07. The largest absolute Gasteiger partial charge is 0.411 e. The van der Waals surface area contributed by atoms with Gasteiger partial charge in [-0.1, -0.05) is 18.2 Å². The molecule has 0 saturated carbocycles. The van der Waals surface area contributed by atoms with E-state index >= 15 is 0 Å². The molecule has 3 aromatic rings. The Morgan fingerprint density at radius 3 is 2.59 bits per heavy atom. The molecule has 178 valence electrons. The van der Waals surface area contributed by atoms with E-state index in [0.717, 1.165) is 0 Å². The van der Waals surface area contributed by atoms with E-state index in [1.54, 1.807) is 35.0 Å². The van der Waals surface area contributed by atoms with Crippen molar-refractivity contribution in [3.8, 4) is 16.9 Å². The standard InChI is InChI=1S/C24H21F4N3O3/c25-18-4-6-20(7-5-18)31-21(10-19(30-31)11-22(32)17-9-23(33)29-12-17)16-3-1-2-15(8-16)13-34-14-24(26,27)28/h1-8,10,17H,9,11-14H2,(H,29,33)/t17-/m0/s1. The Kier molecular flexibility index (Phi) is 6.78. The quantitative estimate of drug-likeness (QED) is 0.500. The van der Waals surface area contributed by atoms with E-state index in [0.29, 0.717) is 34.7 Å². The van der Waals surface area contributed by atoms with Gasteiger partial charge in [0.25, 0.3) is 0 Å². The van der Waals surface area contributed by atoms with Gasteiger partial charge in [0.1, 0.15) is 18.2 Å². The molecule has 34 heavy (non-hydrogen) atoms. The first-order valence-corrected chi connectivity index (χ1v) is 10.6. The van der Waals surface area contributed by atoms with E-state index in [2.05, 4.69) is 10.4 Å². The van der Waals surface area contributed by atoms with Crippen LogP contribution in [0, 0.1) is 11.7 Å². The molecule has 2 heterocycles. The number of amides is 1. The van der Waals surface area contributed by atoms with Crippen molar-refractivity contribution in [3.05, 3.63) is 71.7 Å². The average molecular weight is 475 g/mol. The first-order valence-electron chi connectivity index (χ1n) is 10.6. The molecule has 1 aliphatic rings. The van der Waals surface area contributed by atoms with Crippen molar-refractivity contribution >= 4 is 11.7 Å². The fraction of sp³-hybridized carbons (Fsp3) is 0.292. The Labute approximate surface area is 192 Å². The summed E-state index contributed by atoms with van der Waals surface area (Å²) in [6.07, 6.45) is -4.26.